The molecule has 0 unspecified atom stereocenters. The number of rotatable bonds is 3. The molecule has 1 aliphatic rings. The number of hydrogen-bond donors (Lipinski definition) is 0. The molecule has 1 saturated carbocycles. The number of hydrogen-bond acceptors (Lipinski definition) is 3. The molecule has 4 heteroatoms. The topological polar surface area (TPSA) is 22.1 Å². The summed E-state index contributed by atoms with van der Waals surface area (Å²) in [5.41, 5.74) is 1.16. The maximum absolute atomic E-state index is 6.41. The molecule has 1 aliphatic carbocycles. The van der Waals surface area contributed by atoms with Crippen molar-refractivity contribution in [2.45, 2.75) is 70.7 Å². The van der Waals surface area contributed by atoms with Gasteiger partial charge in [0, 0.05) is 23.1 Å². The first-order valence-electron chi connectivity index (χ1n) is 6.79. The lowest BCUT2D eigenvalue weighted by atomic mass is 9.83. The van der Waals surface area contributed by atoms with Crippen LogP contribution < -0.4 is 0 Å². The van der Waals surface area contributed by atoms with Gasteiger partial charge < -0.3 is 4.43 Å². The van der Waals surface area contributed by atoms with Crippen molar-refractivity contribution >= 4 is 19.7 Å². The lowest BCUT2D eigenvalue weighted by molar-refractivity contribution is 0.0840. The van der Waals surface area contributed by atoms with Gasteiger partial charge in [-0.15, -0.1) is 11.3 Å². The van der Waals surface area contributed by atoms with Crippen molar-refractivity contribution in [3.8, 4) is 0 Å². The van der Waals surface area contributed by atoms with Gasteiger partial charge in [-0.1, -0.05) is 20.8 Å². The second-order valence-corrected chi connectivity index (χ2v) is 12.6. The lowest BCUT2D eigenvalue weighted by Gasteiger charge is -2.44. The lowest BCUT2D eigenvalue weighted by Crippen LogP contribution is -2.47. The fourth-order valence-corrected chi connectivity index (χ4v) is 4.32. The van der Waals surface area contributed by atoms with E-state index in [-0.39, 0.29) is 0 Å². The highest BCUT2D eigenvalue weighted by Crippen LogP contribution is 2.45. The molecule has 0 amide bonds. The van der Waals surface area contributed by atoms with Crippen LogP contribution in [-0.2, 0) is 4.43 Å². The van der Waals surface area contributed by atoms with Crippen LogP contribution >= 0.6 is 11.3 Å². The summed E-state index contributed by atoms with van der Waals surface area (Å²) in [5, 5.41) is 3.77. The number of aryl methyl sites for hydroxylation is 1. The highest BCUT2D eigenvalue weighted by atomic mass is 32.1. The molecule has 1 aromatic heterocycles. The average Bonchev–Trinajstić information content (AvgIpc) is 2.55. The molecular formula is C14H25NOSSi. The molecule has 0 radical (unpaired) electrons. The van der Waals surface area contributed by atoms with Crippen LogP contribution in [0, 0.1) is 6.92 Å². The minimum Gasteiger partial charge on any atom is -0.414 e. The Balaban J connectivity index is 1.87. The van der Waals surface area contributed by atoms with Crippen LogP contribution in [0.4, 0.5) is 0 Å². The fourth-order valence-electron chi connectivity index (χ4n) is 2.02. The predicted molar refractivity (Wildman–Crippen MR) is 80.9 cm³/mol. The standard InChI is InChI=1S/C14H25NOSSi/c1-10-9-17-13(15-10)11-7-12(8-11)16-18(5,6)14(2,3)4/h9,11-12H,7-8H2,1-6H3. The summed E-state index contributed by atoms with van der Waals surface area (Å²) in [4.78, 5) is 4.59. The molecule has 102 valence electrons. The zero-order valence-electron chi connectivity index (χ0n) is 12.4. The Kier molecular flexibility index (Phi) is 3.73. The first kappa shape index (κ1) is 14.2. The molecule has 1 fully saturated rings. The van der Waals surface area contributed by atoms with Crippen molar-refractivity contribution in [1.82, 2.24) is 4.98 Å². The number of thiazole rings is 1. The van der Waals surface area contributed by atoms with Crippen LogP contribution in [0.2, 0.25) is 18.1 Å². The van der Waals surface area contributed by atoms with E-state index in [4.69, 9.17) is 4.43 Å². The van der Waals surface area contributed by atoms with Gasteiger partial charge in [0.15, 0.2) is 8.32 Å². The van der Waals surface area contributed by atoms with Crippen molar-refractivity contribution in [2.75, 3.05) is 0 Å². The summed E-state index contributed by atoms with van der Waals surface area (Å²) >= 11 is 1.80. The zero-order valence-corrected chi connectivity index (χ0v) is 14.2. The molecule has 0 spiro atoms. The molecule has 1 aromatic rings. The quantitative estimate of drug-likeness (QED) is 0.749. The molecule has 2 rings (SSSR count). The summed E-state index contributed by atoms with van der Waals surface area (Å²) in [6.07, 6.45) is 2.80. The Morgan fingerprint density at radius 2 is 1.94 bits per heavy atom. The van der Waals surface area contributed by atoms with E-state index in [0.717, 1.165) is 5.69 Å². The van der Waals surface area contributed by atoms with Gasteiger partial charge in [0.25, 0.3) is 0 Å². The van der Waals surface area contributed by atoms with Gasteiger partial charge in [-0.25, -0.2) is 4.98 Å². The molecule has 1 heterocycles. The Bertz CT molecular complexity index is 416. The molecule has 0 saturated heterocycles. The van der Waals surface area contributed by atoms with Crippen LogP contribution in [0.25, 0.3) is 0 Å². The van der Waals surface area contributed by atoms with Gasteiger partial charge in [-0.05, 0) is 37.9 Å². The second kappa shape index (κ2) is 4.73. The van der Waals surface area contributed by atoms with Crippen LogP contribution in [0.3, 0.4) is 0 Å². The summed E-state index contributed by atoms with van der Waals surface area (Å²) in [6.45, 7) is 13.7. The maximum Gasteiger partial charge on any atom is 0.192 e. The zero-order chi connectivity index (χ0) is 13.6. The van der Waals surface area contributed by atoms with E-state index in [9.17, 15) is 0 Å². The van der Waals surface area contributed by atoms with Crippen LogP contribution in [-0.4, -0.2) is 19.4 Å². The minimum absolute atomic E-state index is 0.315. The SMILES string of the molecule is Cc1csc(C2CC(O[Si](C)(C)C(C)(C)C)C2)n1. The van der Waals surface area contributed by atoms with Gasteiger partial charge in [-0.3, -0.25) is 0 Å². The molecule has 2 nitrogen and oxygen atoms in total. The van der Waals surface area contributed by atoms with E-state index in [1.54, 1.807) is 11.3 Å². The molecule has 0 N–H and O–H groups in total. The molecule has 0 aromatic carbocycles. The Morgan fingerprint density at radius 3 is 2.39 bits per heavy atom. The number of nitrogens with zero attached hydrogens (tertiary/aromatic N) is 1. The molecule has 0 bridgehead atoms. The summed E-state index contributed by atoms with van der Waals surface area (Å²) < 4.78 is 6.41. The third-order valence-corrected chi connectivity index (χ3v) is 10.0. The highest BCUT2D eigenvalue weighted by Gasteiger charge is 2.43. The normalized spacial score (nSPS) is 25.0. The van der Waals surface area contributed by atoms with E-state index >= 15 is 0 Å². The maximum atomic E-state index is 6.41. The molecule has 18 heavy (non-hydrogen) atoms. The fraction of sp³-hybridized carbons (Fsp3) is 0.786. The summed E-state index contributed by atoms with van der Waals surface area (Å²) in [5.74, 6) is 0.651. The third kappa shape index (κ3) is 2.86. The first-order valence-corrected chi connectivity index (χ1v) is 10.6. The van der Waals surface area contributed by atoms with Crippen molar-refractivity contribution in [3.63, 3.8) is 0 Å². The predicted octanol–water partition coefficient (Wildman–Crippen LogP) is 4.72. The number of aromatic nitrogens is 1. The van der Waals surface area contributed by atoms with Gasteiger partial charge in [0.1, 0.15) is 0 Å². The summed E-state index contributed by atoms with van der Waals surface area (Å²) in [6, 6.07) is 0. The largest absolute Gasteiger partial charge is 0.414 e. The van der Waals surface area contributed by atoms with Gasteiger partial charge in [0.2, 0.25) is 0 Å². The van der Waals surface area contributed by atoms with Gasteiger partial charge in [-0.2, -0.15) is 0 Å². The van der Waals surface area contributed by atoms with E-state index in [0.29, 0.717) is 17.1 Å². The van der Waals surface area contributed by atoms with E-state index in [1.165, 1.54) is 17.8 Å². The monoisotopic (exact) mass is 283 g/mol. The first-order chi connectivity index (χ1) is 8.19. The van der Waals surface area contributed by atoms with E-state index in [1.807, 2.05) is 0 Å². The van der Waals surface area contributed by atoms with Gasteiger partial charge in [0.05, 0.1) is 5.01 Å². The van der Waals surface area contributed by atoms with Crippen LogP contribution in [0.1, 0.15) is 50.2 Å². The van der Waals surface area contributed by atoms with E-state index in [2.05, 4.69) is 51.2 Å². The molecule has 0 aliphatic heterocycles. The smallest absolute Gasteiger partial charge is 0.192 e. The van der Waals surface area contributed by atoms with Crippen LogP contribution in [0.15, 0.2) is 5.38 Å². The third-order valence-electron chi connectivity index (χ3n) is 4.35. The van der Waals surface area contributed by atoms with Crippen molar-refractivity contribution in [3.05, 3.63) is 16.1 Å². The second-order valence-electron chi connectivity index (χ2n) is 7.00. The van der Waals surface area contributed by atoms with E-state index < -0.39 is 8.32 Å². The van der Waals surface area contributed by atoms with Crippen molar-refractivity contribution < 1.29 is 4.43 Å². The average molecular weight is 284 g/mol. The highest BCUT2D eigenvalue weighted by molar-refractivity contribution is 7.09. The Morgan fingerprint density at radius 1 is 1.33 bits per heavy atom. The molecule has 0 atom stereocenters. The van der Waals surface area contributed by atoms with Crippen LogP contribution in [0.5, 0.6) is 0 Å². The molecular weight excluding hydrogens is 258 g/mol. The van der Waals surface area contributed by atoms with Crippen molar-refractivity contribution in [2.24, 2.45) is 0 Å². The van der Waals surface area contributed by atoms with Crippen molar-refractivity contribution in [1.29, 1.82) is 0 Å². The van der Waals surface area contributed by atoms with Gasteiger partial charge >= 0.3 is 0 Å². The minimum atomic E-state index is -1.58. The summed E-state index contributed by atoms with van der Waals surface area (Å²) in [7, 11) is -1.58. The Labute approximate surface area is 116 Å². The Hall–Kier alpha value is -0.193.